The number of carbonyl (C=O) groups is 2. The van der Waals surface area contributed by atoms with E-state index in [2.05, 4.69) is 16.6 Å². The third-order valence-corrected chi connectivity index (χ3v) is 1.90. The van der Waals surface area contributed by atoms with Gasteiger partial charge >= 0.3 is 5.97 Å². The van der Waals surface area contributed by atoms with Gasteiger partial charge in [0.15, 0.2) is 0 Å². The molecular weight excluding hydrogens is 210 g/mol. The van der Waals surface area contributed by atoms with Gasteiger partial charge < -0.3 is 15.2 Å². The van der Waals surface area contributed by atoms with E-state index in [1.54, 1.807) is 0 Å². The predicted octanol–water partition coefficient (Wildman–Crippen LogP) is 0.384. The van der Waals surface area contributed by atoms with Crippen LogP contribution in [0.25, 0.3) is 0 Å². The average molecular weight is 229 g/mol. The van der Waals surface area contributed by atoms with Crippen LogP contribution in [0.3, 0.4) is 0 Å². The van der Waals surface area contributed by atoms with Crippen LogP contribution >= 0.6 is 0 Å². The van der Waals surface area contributed by atoms with E-state index >= 15 is 0 Å². The summed E-state index contributed by atoms with van der Waals surface area (Å²) >= 11 is 0. The molecule has 0 spiro atoms. The molecule has 0 heterocycles. The summed E-state index contributed by atoms with van der Waals surface area (Å²) in [5, 5.41) is 11.1. The van der Waals surface area contributed by atoms with Gasteiger partial charge in [-0.25, -0.2) is 4.79 Å². The number of nitrogens with one attached hydrogen (secondary N) is 1. The molecule has 0 fully saturated rings. The highest BCUT2D eigenvalue weighted by atomic mass is 16.5. The molecule has 0 aromatic rings. The van der Waals surface area contributed by atoms with Crippen LogP contribution in [-0.4, -0.2) is 36.7 Å². The maximum absolute atomic E-state index is 11.2. The summed E-state index contributed by atoms with van der Waals surface area (Å²) in [7, 11) is 0. The van der Waals surface area contributed by atoms with Crippen molar-refractivity contribution in [3.05, 3.63) is 12.7 Å². The number of carbonyl (C=O) groups excluding carboxylic acids is 2. The van der Waals surface area contributed by atoms with Crippen LogP contribution in [0.5, 0.6) is 0 Å². The number of aliphatic hydroxyl groups excluding tert-OH is 1. The molecule has 92 valence electrons. The predicted molar refractivity (Wildman–Crippen MR) is 59.7 cm³/mol. The topological polar surface area (TPSA) is 75.6 Å². The summed E-state index contributed by atoms with van der Waals surface area (Å²) in [4.78, 5) is 21.8. The maximum atomic E-state index is 11.2. The minimum atomic E-state index is -0.489. The zero-order valence-electron chi connectivity index (χ0n) is 9.41. The zero-order valence-corrected chi connectivity index (χ0v) is 9.41. The standard InChI is InChI=1S/C11H19NO4/c1-2-11(15)16-9-7-12-10(14)6-4-3-5-8-13/h2,13H,1,3-9H2,(H,12,14). The Balaban J connectivity index is 3.30. The van der Waals surface area contributed by atoms with Crippen LogP contribution < -0.4 is 5.32 Å². The molecule has 0 aliphatic carbocycles. The van der Waals surface area contributed by atoms with Crippen LogP contribution in [-0.2, 0) is 14.3 Å². The first-order valence-corrected chi connectivity index (χ1v) is 5.37. The van der Waals surface area contributed by atoms with Gasteiger partial charge in [-0.2, -0.15) is 0 Å². The molecule has 0 saturated carbocycles. The molecule has 0 radical (unpaired) electrons. The van der Waals surface area contributed by atoms with E-state index in [0.29, 0.717) is 13.0 Å². The van der Waals surface area contributed by atoms with Gasteiger partial charge in [-0.05, 0) is 12.8 Å². The number of rotatable bonds is 9. The molecule has 0 unspecified atom stereocenters. The van der Waals surface area contributed by atoms with Crippen molar-refractivity contribution < 1.29 is 19.4 Å². The number of ether oxygens (including phenoxy) is 1. The summed E-state index contributed by atoms with van der Waals surface area (Å²) in [5.74, 6) is -0.551. The highest BCUT2D eigenvalue weighted by molar-refractivity contribution is 5.81. The minimum absolute atomic E-state index is 0.0624. The van der Waals surface area contributed by atoms with Crippen LogP contribution in [0.2, 0.25) is 0 Å². The largest absolute Gasteiger partial charge is 0.461 e. The smallest absolute Gasteiger partial charge is 0.330 e. The lowest BCUT2D eigenvalue weighted by atomic mass is 10.2. The molecular formula is C11H19NO4. The molecule has 0 aliphatic rings. The summed E-state index contributed by atoms with van der Waals surface area (Å²) in [6.45, 7) is 3.89. The highest BCUT2D eigenvalue weighted by Crippen LogP contribution is 1.98. The molecule has 1 amide bonds. The number of aliphatic hydroxyl groups is 1. The fourth-order valence-electron chi connectivity index (χ4n) is 1.06. The van der Waals surface area contributed by atoms with Gasteiger partial charge in [0.05, 0.1) is 6.54 Å². The first kappa shape index (κ1) is 14.6. The number of hydrogen-bond acceptors (Lipinski definition) is 4. The Hall–Kier alpha value is -1.36. The van der Waals surface area contributed by atoms with Crippen LogP contribution in [0.1, 0.15) is 25.7 Å². The lowest BCUT2D eigenvalue weighted by Crippen LogP contribution is -2.27. The van der Waals surface area contributed by atoms with Crippen LogP contribution in [0.15, 0.2) is 12.7 Å². The third kappa shape index (κ3) is 9.21. The van der Waals surface area contributed by atoms with Gasteiger partial charge in [-0.1, -0.05) is 13.0 Å². The first-order chi connectivity index (χ1) is 7.70. The Kier molecular flexibility index (Phi) is 9.30. The molecule has 0 saturated heterocycles. The molecule has 16 heavy (non-hydrogen) atoms. The van der Waals surface area contributed by atoms with Gasteiger partial charge in [0, 0.05) is 19.1 Å². The van der Waals surface area contributed by atoms with E-state index < -0.39 is 5.97 Å². The van der Waals surface area contributed by atoms with Crippen LogP contribution in [0, 0.1) is 0 Å². The van der Waals surface area contributed by atoms with Crippen LogP contribution in [0.4, 0.5) is 0 Å². The molecule has 0 aliphatic heterocycles. The van der Waals surface area contributed by atoms with Crippen molar-refractivity contribution in [2.45, 2.75) is 25.7 Å². The van der Waals surface area contributed by atoms with Gasteiger partial charge in [0.1, 0.15) is 6.61 Å². The SMILES string of the molecule is C=CC(=O)OCCNC(=O)CCCCCO. The Bertz CT molecular complexity index is 228. The average Bonchev–Trinajstić information content (AvgIpc) is 2.30. The second-order valence-electron chi connectivity index (χ2n) is 3.26. The number of unbranched alkanes of at least 4 members (excludes halogenated alkanes) is 2. The molecule has 2 N–H and O–H groups in total. The molecule has 0 aromatic heterocycles. The monoisotopic (exact) mass is 229 g/mol. The number of esters is 1. The summed E-state index contributed by atoms with van der Waals surface area (Å²) < 4.78 is 4.68. The number of hydrogen-bond donors (Lipinski definition) is 2. The quantitative estimate of drug-likeness (QED) is 0.340. The Morgan fingerprint density at radius 2 is 2.06 bits per heavy atom. The van der Waals surface area contributed by atoms with Crippen molar-refractivity contribution in [1.82, 2.24) is 5.32 Å². The van der Waals surface area contributed by atoms with E-state index in [9.17, 15) is 9.59 Å². The number of amides is 1. The van der Waals surface area contributed by atoms with Crippen molar-refractivity contribution in [3.63, 3.8) is 0 Å². The minimum Gasteiger partial charge on any atom is -0.461 e. The fraction of sp³-hybridized carbons (Fsp3) is 0.636. The fourth-order valence-corrected chi connectivity index (χ4v) is 1.06. The molecule has 0 bridgehead atoms. The Morgan fingerprint density at radius 1 is 1.31 bits per heavy atom. The van der Waals surface area contributed by atoms with E-state index in [1.807, 2.05) is 0 Å². The van der Waals surface area contributed by atoms with Gasteiger partial charge in [-0.3, -0.25) is 4.79 Å². The van der Waals surface area contributed by atoms with E-state index in [-0.39, 0.29) is 19.1 Å². The Morgan fingerprint density at radius 3 is 2.69 bits per heavy atom. The lowest BCUT2D eigenvalue weighted by molar-refractivity contribution is -0.138. The third-order valence-electron chi connectivity index (χ3n) is 1.90. The van der Waals surface area contributed by atoms with E-state index in [0.717, 1.165) is 25.3 Å². The molecule has 5 nitrogen and oxygen atoms in total. The van der Waals surface area contributed by atoms with Crippen molar-refractivity contribution in [2.24, 2.45) is 0 Å². The summed E-state index contributed by atoms with van der Waals surface area (Å²) in [6, 6.07) is 0. The lowest BCUT2D eigenvalue weighted by Gasteiger charge is -2.05. The highest BCUT2D eigenvalue weighted by Gasteiger charge is 2.01. The molecule has 0 rings (SSSR count). The molecule has 0 aromatic carbocycles. The first-order valence-electron chi connectivity index (χ1n) is 5.37. The van der Waals surface area contributed by atoms with Crippen molar-refractivity contribution in [2.75, 3.05) is 19.8 Å². The maximum Gasteiger partial charge on any atom is 0.330 e. The van der Waals surface area contributed by atoms with Gasteiger partial charge in [-0.15, -0.1) is 0 Å². The van der Waals surface area contributed by atoms with Crippen molar-refractivity contribution in [3.8, 4) is 0 Å². The van der Waals surface area contributed by atoms with Gasteiger partial charge in [0.2, 0.25) is 5.91 Å². The second kappa shape index (κ2) is 10.2. The normalized spacial score (nSPS) is 9.56. The van der Waals surface area contributed by atoms with Crippen molar-refractivity contribution in [1.29, 1.82) is 0 Å². The summed E-state index contributed by atoms with van der Waals surface area (Å²) in [6.07, 6.45) is 3.85. The van der Waals surface area contributed by atoms with Gasteiger partial charge in [0.25, 0.3) is 0 Å². The molecule has 0 atom stereocenters. The van der Waals surface area contributed by atoms with E-state index in [1.165, 1.54) is 0 Å². The van der Waals surface area contributed by atoms with E-state index in [4.69, 9.17) is 5.11 Å². The Labute approximate surface area is 95.5 Å². The van der Waals surface area contributed by atoms with Crippen molar-refractivity contribution >= 4 is 11.9 Å². The second-order valence-corrected chi connectivity index (χ2v) is 3.26. The molecule has 5 heteroatoms. The zero-order chi connectivity index (χ0) is 12.2. The summed E-state index contributed by atoms with van der Waals surface area (Å²) in [5.41, 5.74) is 0.